The van der Waals surface area contributed by atoms with Crippen LogP contribution >= 0.6 is 0 Å². The number of hydrogen-bond acceptors (Lipinski definition) is 4. The summed E-state index contributed by atoms with van der Waals surface area (Å²) in [4.78, 5) is 10.7. The normalized spacial score (nSPS) is 19.5. The van der Waals surface area contributed by atoms with E-state index in [1.165, 1.54) is 12.0 Å². The van der Waals surface area contributed by atoms with Crippen molar-refractivity contribution >= 4 is 0 Å². The first-order chi connectivity index (χ1) is 10.4. The molecule has 0 aliphatic carbocycles. The third kappa shape index (κ3) is 4.34. The minimum atomic E-state index is 0.320. The second-order valence-corrected chi connectivity index (χ2v) is 5.53. The molecule has 4 nitrogen and oxygen atoms in total. The van der Waals surface area contributed by atoms with Gasteiger partial charge in [0.25, 0.3) is 0 Å². The highest BCUT2D eigenvalue weighted by Crippen LogP contribution is 2.17. The highest BCUT2D eigenvalue weighted by atomic mass is 16.5. The van der Waals surface area contributed by atoms with Gasteiger partial charge in [0.05, 0.1) is 12.7 Å². The van der Waals surface area contributed by atoms with Crippen LogP contribution in [0.1, 0.15) is 24.0 Å². The summed E-state index contributed by atoms with van der Waals surface area (Å²) in [7, 11) is 0. The molecular formula is C17H21N3O. The van der Waals surface area contributed by atoms with E-state index in [2.05, 4.69) is 33.1 Å². The number of likely N-dealkylation sites (tertiary alicyclic amines) is 1. The molecule has 3 rings (SSSR count). The van der Waals surface area contributed by atoms with E-state index in [0.29, 0.717) is 12.7 Å². The minimum Gasteiger partial charge on any atom is -0.372 e. The van der Waals surface area contributed by atoms with E-state index in [0.717, 1.165) is 31.6 Å². The Labute approximate surface area is 125 Å². The number of ether oxygens (including phenoxy) is 1. The van der Waals surface area contributed by atoms with Crippen LogP contribution in [0.3, 0.4) is 0 Å². The summed E-state index contributed by atoms with van der Waals surface area (Å²) in [6.45, 7) is 3.79. The molecule has 1 unspecified atom stereocenters. The largest absolute Gasteiger partial charge is 0.372 e. The summed E-state index contributed by atoms with van der Waals surface area (Å²) in [6.07, 6.45) is 10.0. The lowest BCUT2D eigenvalue weighted by atomic mass is 10.1. The third-order valence-electron chi connectivity index (χ3n) is 3.83. The van der Waals surface area contributed by atoms with E-state index in [-0.39, 0.29) is 0 Å². The third-order valence-corrected chi connectivity index (χ3v) is 3.83. The molecular weight excluding hydrogens is 262 g/mol. The molecule has 4 heteroatoms. The van der Waals surface area contributed by atoms with Gasteiger partial charge in [-0.25, -0.2) is 0 Å². The summed E-state index contributed by atoms with van der Waals surface area (Å²) < 4.78 is 6.04. The Morgan fingerprint density at radius 1 is 1.10 bits per heavy atom. The summed E-state index contributed by atoms with van der Waals surface area (Å²) in [5.41, 5.74) is 2.46. The first-order valence-corrected chi connectivity index (χ1v) is 7.52. The van der Waals surface area contributed by atoms with E-state index < -0.39 is 0 Å². The van der Waals surface area contributed by atoms with Crippen LogP contribution in [0.4, 0.5) is 0 Å². The maximum Gasteiger partial charge on any atom is 0.0736 e. The molecule has 1 aliphatic heterocycles. The number of aromatic nitrogens is 2. The summed E-state index contributed by atoms with van der Waals surface area (Å²) >= 11 is 0. The Balaban J connectivity index is 1.49. The maximum absolute atomic E-state index is 6.04. The molecule has 0 amide bonds. The molecule has 2 aromatic rings. The van der Waals surface area contributed by atoms with Gasteiger partial charge in [0.15, 0.2) is 0 Å². The highest BCUT2D eigenvalue weighted by Gasteiger charge is 2.20. The van der Waals surface area contributed by atoms with Gasteiger partial charge in [-0.15, -0.1) is 0 Å². The Kier molecular flexibility index (Phi) is 4.92. The van der Waals surface area contributed by atoms with Crippen molar-refractivity contribution in [3.8, 4) is 0 Å². The van der Waals surface area contributed by atoms with Crippen molar-refractivity contribution in [3.05, 3.63) is 60.2 Å². The Morgan fingerprint density at radius 3 is 2.81 bits per heavy atom. The van der Waals surface area contributed by atoms with Crippen LogP contribution in [0.15, 0.2) is 49.1 Å². The van der Waals surface area contributed by atoms with Gasteiger partial charge in [-0.1, -0.05) is 6.07 Å². The summed E-state index contributed by atoms with van der Waals surface area (Å²) in [6, 6.07) is 8.18. The molecule has 0 spiro atoms. The fourth-order valence-corrected chi connectivity index (χ4v) is 2.74. The van der Waals surface area contributed by atoms with Gasteiger partial charge in [0.2, 0.25) is 0 Å². The van der Waals surface area contributed by atoms with Gasteiger partial charge >= 0.3 is 0 Å². The van der Waals surface area contributed by atoms with Crippen LogP contribution in [0.2, 0.25) is 0 Å². The van der Waals surface area contributed by atoms with Crippen molar-refractivity contribution in [2.24, 2.45) is 0 Å². The van der Waals surface area contributed by atoms with Crippen LogP contribution in [-0.4, -0.2) is 34.1 Å². The van der Waals surface area contributed by atoms with Gasteiger partial charge in [-0.3, -0.25) is 14.9 Å². The molecule has 1 atom stereocenters. The Hall–Kier alpha value is -1.78. The SMILES string of the molecule is c1cncc(COC2CCCN(Cc3ccncc3)C2)c1. The lowest BCUT2D eigenvalue weighted by Gasteiger charge is -2.32. The average molecular weight is 283 g/mol. The zero-order valence-electron chi connectivity index (χ0n) is 12.2. The van der Waals surface area contributed by atoms with Crippen molar-refractivity contribution in [3.63, 3.8) is 0 Å². The van der Waals surface area contributed by atoms with Gasteiger partial charge in [-0.2, -0.15) is 0 Å². The topological polar surface area (TPSA) is 38.2 Å². The predicted molar refractivity (Wildman–Crippen MR) is 81.6 cm³/mol. The summed E-state index contributed by atoms with van der Waals surface area (Å²) in [5, 5.41) is 0. The first-order valence-electron chi connectivity index (χ1n) is 7.52. The second-order valence-electron chi connectivity index (χ2n) is 5.53. The molecule has 3 heterocycles. The molecule has 0 radical (unpaired) electrons. The number of pyridine rings is 2. The standard InChI is InChI=1S/C17H21N3O/c1-3-16(11-19-7-1)14-21-17-4-2-10-20(13-17)12-15-5-8-18-9-6-15/h1,3,5-9,11,17H,2,4,10,12-14H2. The van der Waals surface area contributed by atoms with Crippen LogP contribution in [0.25, 0.3) is 0 Å². The number of hydrogen-bond donors (Lipinski definition) is 0. The van der Waals surface area contributed by atoms with Crippen molar-refractivity contribution < 1.29 is 4.74 Å². The lowest BCUT2D eigenvalue weighted by molar-refractivity contribution is -0.0121. The molecule has 1 fully saturated rings. The zero-order chi connectivity index (χ0) is 14.3. The van der Waals surface area contributed by atoms with Gasteiger partial charge in [0, 0.05) is 37.9 Å². The van der Waals surface area contributed by atoms with Gasteiger partial charge < -0.3 is 4.74 Å². The van der Waals surface area contributed by atoms with Crippen molar-refractivity contribution in [1.29, 1.82) is 0 Å². The molecule has 1 aliphatic rings. The Bertz CT molecular complexity index is 532. The molecule has 0 N–H and O–H groups in total. The predicted octanol–water partition coefficient (Wildman–Crippen LogP) is 2.66. The first kappa shape index (κ1) is 14.2. The minimum absolute atomic E-state index is 0.320. The number of nitrogens with zero attached hydrogens (tertiary/aromatic N) is 3. The molecule has 110 valence electrons. The molecule has 21 heavy (non-hydrogen) atoms. The van der Waals surface area contributed by atoms with Crippen molar-refractivity contribution in [2.45, 2.75) is 32.1 Å². The van der Waals surface area contributed by atoms with E-state index >= 15 is 0 Å². The number of rotatable bonds is 5. The van der Waals surface area contributed by atoms with E-state index in [1.807, 2.05) is 24.7 Å². The van der Waals surface area contributed by atoms with E-state index in [1.54, 1.807) is 6.20 Å². The fourth-order valence-electron chi connectivity index (χ4n) is 2.74. The smallest absolute Gasteiger partial charge is 0.0736 e. The van der Waals surface area contributed by atoms with E-state index in [4.69, 9.17) is 4.74 Å². The second kappa shape index (κ2) is 7.29. The van der Waals surface area contributed by atoms with Crippen LogP contribution < -0.4 is 0 Å². The van der Waals surface area contributed by atoms with Crippen molar-refractivity contribution in [1.82, 2.24) is 14.9 Å². The molecule has 0 saturated carbocycles. The number of piperidine rings is 1. The van der Waals surface area contributed by atoms with Crippen molar-refractivity contribution in [2.75, 3.05) is 13.1 Å². The summed E-state index contributed by atoms with van der Waals surface area (Å²) in [5.74, 6) is 0. The van der Waals surface area contributed by atoms with Gasteiger partial charge in [0.1, 0.15) is 0 Å². The quantitative estimate of drug-likeness (QED) is 0.845. The van der Waals surface area contributed by atoms with Crippen LogP contribution in [0.5, 0.6) is 0 Å². The zero-order valence-corrected chi connectivity index (χ0v) is 12.2. The highest BCUT2D eigenvalue weighted by molar-refractivity contribution is 5.09. The molecule has 1 saturated heterocycles. The monoisotopic (exact) mass is 283 g/mol. The molecule has 0 aromatic carbocycles. The van der Waals surface area contributed by atoms with Crippen LogP contribution in [-0.2, 0) is 17.9 Å². The Morgan fingerprint density at radius 2 is 2.00 bits per heavy atom. The lowest BCUT2D eigenvalue weighted by Crippen LogP contribution is -2.39. The fraction of sp³-hybridized carbons (Fsp3) is 0.412. The average Bonchev–Trinajstić information content (AvgIpc) is 2.55. The van der Waals surface area contributed by atoms with E-state index in [9.17, 15) is 0 Å². The molecule has 2 aromatic heterocycles. The maximum atomic E-state index is 6.04. The molecule has 0 bridgehead atoms. The van der Waals surface area contributed by atoms with Crippen LogP contribution in [0, 0.1) is 0 Å². The van der Waals surface area contributed by atoms with Gasteiger partial charge in [-0.05, 0) is 48.7 Å².